The normalized spacial score (nSPS) is 16.5. The van der Waals surface area contributed by atoms with Crippen LogP contribution >= 0.6 is 0 Å². The van der Waals surface area contributed by atoms with E-state index in [1.165, 1.54) is 11.6 Å². The summed E-state index contributed by atoms with van der Waals surface area (Å²) in [6, 6.07) is 24.6. The maximum Gasteiger partial charge on any atom is 1.00 e. The molecular formula is C30H31FLiN2O-. The molecule has 0 aliphatic carbocycles. The average molecular weight is 462 g/mol. The van der Waals surface area contributed by atoms with Crippen molar-refractivity contribution in [3.05, 3.63) is 120 Å². The number of hydrogen-bond acceptors (Lipinski definition) is 2. The molecule has 176 valence electrons. The molecular weight excluding hydrogens is 430 g/mol. The first-order valence-electron chi connectivity index (χ1n) is 11.7. The van der Waals surface area contributed by atoms with Gasteiger partial charge in [0.2, 0.25) is 0 Å². The molecule has 35 heavy (non-hydrogen) atoms. The summed E-state index contributed by atoms with van der Waals surface area (Å²) in [5, 5.41) is 0. The molecule has 1 saturated heterocycles. The molecule has 0 aromatic heterocycles. The number of carbonyl (C=O) groups is 1. The molecule has 2 aliphatic rings. The largest absolute Gasteiger partial charge is 1.00 e. The van der Waals surface area contributed by atoms with Gasteiger partial charge in [-0.05, 0) is 56.2 Å². The van der Waals surface area contributed by atoms with Gasteiger partial charge in [0.15, 0.2) is 0 Å². The number of rotatable bonds is 5. The Labute approximate surface area is 220 Å². The van der Waals surface area contributed by atoms with E-state index in [1.807, 2.05) is 43.3 Å². The van der Waals surface area contributed by atoms with Crippen LogP contribution in [0.2, 0.25) is 0 Å². The summed E-state index contributed by atoms with van der Waals surface area (Å²) in [4.78, 5) is 17.3. The summed E-state index contributed by atoms with van der Waals surface area (Å²) >= 11 is 0. The number of halogens is 1. The molecule has 0 bridgehead atoms. The number of nitrogens with zero attached hydrogens (tertiary/aromatic N) is 2. The fraction of sp³-hybridized carbons (Fsp3) is 0.267. The monoisotopic (exact) mass is 461 g/mol. The van der Waals surface area contributed by atoms with Gasteiger partial charge in [0.05, 0.1) is 0 Å². The first kappa shape index (κ1) is 27.0. The third-order valence-electron chi connectivity index (χ3n) is 6.84. The van der Waals surface area contributed by atoms with Gasteiger partial charge in [-0.3, -0.25) is 4.79 Å². The van der Waals surface area contributed by atoms with E-state index in [0.717, 1.165) is 66.8 Å². The second kappa shape index (κ2) is 11.9. The van der Waals surface area contributed by atoms with Crippen LogP contribution in [0.15, 0.2) is 72.8 Å². The summed E-state index contributed by atoms with van der Waals surface area (Å²) in [6.45, 7) is 5.55. The van der Waals surface area contributed by atoms with Crippen LogP contribution in [0.1, 0.15) is 52.4 Å². The SMILES string of the molecule is C/C=C(\c1[c-]cc(CN2CCC(N3Cc4ccccc4C3=O)CC2)cc1)c1cccc(F)c1.[CH3-].[Li+]. The van der Waals surface area contributed by atoms with Crippen LogP contribution in [0.25, 0.3) is 5.57 Å². The van der Waals surface area contributed by atoms with Crippen LogP contribution in [-0.2, 0) is 13.1 Å². The standard InChI is InChI=1S/C29H28FN2O.CH3.Li/c1-2-27(23-7-5-8-25(30)18-23)22-12-10-21(11-13-22)19-31-16-14-26(15-17-31)32-20-24-6-3-4-9-28(24)29(32)33;;/h2-12,18,26H,14-17,19-20H2,1H3;1H3;/q2*-1;+1/b27-2+;;. The van der Waals surface area contributed by atoms with Crippen molar-refractivity contribution in [2.45, 2.75) is 38.9 Å². The fourth-order valence-electron chi connectivity index (χ4n) is 5.08. The maximum absolute atomic E-state index is 13.7. The number of benzene rings is 3. The predicted molar refractivity (Wildman–Crippen MR) is 135 cm³/mol. The summed E-state index contributed by atoms with van der Waals surface area (Å²) < 4.78 is 13.7. The molecule has 2 aliphatic heterocycles. The third-order valence-corrected chi connectivity index (χ3v) is 6.84. The molecule has 3 nitrogen and oxygen atoms in total. The minimum atomic E-state index is -0.230. The molecule has 1 fully saturated rings. The fourth-order valence-corrected chi connectivity index (χ4v) is 5.08. The van der Waals surface area contributed by atoms with E-state index < -0.39 is 0 Å². The summed E-state index contributed by atoms with van der Waals surface area (Å²) in [6.07, 6.45) is 4.01. The van der Waals surface area contributed by atoms with E-state index in [2.05, 4.69) is 34.1 Å². The van der Waals surface area contributed by atoms with Gasteiger partial charge in [-0.15, -0.1) is 41.5 Å². The topological polar surface area (TPSA) is 23.6 Å². The molecule has 0 radical (unpaired) electrons. The van der Waals surface area contributed by atoms with Gasteiger partial charge in [0, 0.05) is 18.2 Å². The van der Waals surface area contributed by atoms with Crippen molar-refractivity contribution in [2.75, 3.05) is 13.1 Å². The minimum Gasteiger partial charge on any atom is -0.358 e. The van der Waals surface area contributed by atoms with Gasteiger partial charge in [-0.2, -0.15) is 0 Å². The van der Waals surface area contributed by atoms with Gasteiger partial charge < -0.3 is 17.2 Å². The zero-order valence-electron chi connectivity index (χ0n) is 20.9. The number of carbonyl (C=O) groups excluding carboxylic acids is 1. The van der Waals surface area contributed by atoms with Crippen molar-refractivity contribution < 1.29 is 28.0 Å². The van der Waals surface area contributed by atoms with E-state index in [9.17, 15) is 9.18 Å². The molecule has 5 heteroatoms. The maximum atomic E-state index is 13.7. The van der Waals surface area contributed by atoms with Crippen LogP contribution < -0.4 is 18.9 Å². The van der Waals surface area contributed by atoms with Crippen molar-refractivity contribution in [1.82, 2.24) is 9.80 Å². The van der Waals surface area contributed by atoms with Gasteiger partial charge >= 0.3 is 18.9 Å². The predicted octanol–water partition coefficient (Wildman–Crippen LogP) is 3.15. The number of allylic oxidation sites excluding steroid dienone is 1. The molecule has 2 heterocycles. The molecule has 0 unspecified atom stereocenters. The molecule has 0 saturated carbocycles. The van der Waals surface area contributed by atoms with Crippen LogP contribution in [0.4, 0.5) is 4.39 Å². The Hall–Kier alpha value is -2.64. The van der Waals surface area contributed by atoms with E-state index in [1.54, 1.807) is 12.1 Å². The Morgan fingerprint density at radius 1 is 1.09 bits per heavy atom. The number of fused-ring (bicyclic) bond motifs is 1. The van der Waals surface area contributed by atoms with E-state index in [0.29, 0.717) is 6.04 Å². The van der Waals surface area contributed by atoms with Crippen LogP contribution in [-0.4, -0.2) is 34.8 Å². The van der Waals surface area contributed by atoms with Crippen molar-refractivity contribution in [3.8, 4) is 0 Å². The Kier molecular flexibility index (Phi) is 9.14. The summed E-state index contributed by atoms with van der Waals surface area (Å²) in [5.41, 5.74) is 6.06. The molecule has 3 aromatic carbocycles. The summed E-state index contributed by atoms with van der Waals surface area (Å²) in [7, 11) is 0. The van der Waals surface area contributed by atoms with Crippen LogP contribution in [0.5, 0.6) is 0 Å². The van der Waals surface area contributed by atoms with Crippen LogP contribution in [0, 0.1) is 19.3 Å². The van der Waals surface area contributed by atoms with Gasteiger partial charge in [-0.25, -0.2) is 4.39 Å². The molecule has 0 atom stereocenters. The third kappa shape index (κ3) is 5.78. The molecule has 0 N–H and O–H groups in total. The number of hydrogen-bond donors (Lipinski definition) is 0. The van der Waals surface area contributed by atoms with E-state index in [4.69, 9.17) is 0 Å². The van der Waals surface area contributed by atoms with Gasteiger partial charge in [0.25, 0.3) is 5.91 Å². The Bertz CT molecular complexity index is 1180. The van der Waals surface area contributed by atoms with Crippen molar-refractivity contribution in [2.24, 2.45) is 0 Å². The van der Waals surface area contributed by atoms with E-state index in [-0.39, 0.29) is 38.0 Å². The van der Waals surface area contributed by atoms with Gasteiger partial charge in [-0.1, -0.05) is 48.4 Å². The first-order chi connectivity index (χ1) is 16.1. The number of amides is 1. The smallest absolute Gasteiger partial charge is 0.358 e. The van der Waals surface area contributed by atoms with Gasteiger partial charge in [0.1, 0.15) is 5.82 Å². The molecule has 3 aromatic rings. The second-order valence-electron chi connectivity index (χ2n) is 8.92. The molecule has 5 rings (SSSR count). The zero-order valence-corrected chi connectivity index (χ0v) is 20.9. The first-order valence-corrected chi connectivity index (χ1v) is 11.7. The quantitative estimate of drug-likeness (QED) is 0.431. The van der Waals surface area contributed by atoms with Crippen molar-refractivity contribution >= 4 is 11.5 Å². The molecule has 0 spiro atoms. The van der Waals surface area contributed by atoms with Crippen LogP contribution in [0.3, 0.4) is 0 Å². The number of piperidine rings is 1. The Morgan fingerprint density at radius 2 is 1.86 bits per heavy atom. The summed E-state index contributed by atoms with van der Waals surface area (Å²) in [5.74, 6) is -0.0429. The Morgan fingerprint density at radius 3 is 2.51 bits per heavy atom. The zero-order chi connectivity index (χ0) is 22.8. The van der Waals surface area contributed by atoms with Crippen molar-refractivity contribution in [3.63, 3.8) is 0 Å². The second-order valence-corrected chi connectivity index (χ2v) is 8.92. The number of likely N-dealkylation sites (tertiary alicyclic amines) is 1. The van der Waals surface area contributed by atoms with E-state index >= 15 is 0 Å². The molecule has 1 amide bonds. The average Bonchev–Trinajstić information content (AvgIpc) is 3.18. The van der Waals surface area contributed by atoms with Crippen molar-refractivity contribution in [1.29, 1.82) is 0 Å². The minimum absolute atomic E-state index is 0. The Balaban J connectivity index is 0.00000171.